The van der Waals surface area contributed by atoms with E-state index in [1.54, 1.807) is 6.07 Å². The van der Waals surface area contributed by atoms with Crippen LogP contribution in [-0.2, 0) is 6.18 Å². The van der Waals surface area contributed by atoms with E-state index >= 15 is 0 Å². The van der Waals surface area contributed by atoms with Crippen molar-refractivity contribution in [1.82, 2.24) is 4.90 Å². The lowest BCUT2D eigenvalue weighted by Gasteiger charge is -2.32. The molecule has 2 nitrogen and oxygen atoms in total. The molecule has 0 aromatic heterocycles. The van der Waals surface area contributed by atoms with Crippen LogP contribution in [0.4, 0.5) is 13.2 Å². The highest BCUT2D eigenvalue weighted by atomic mass is 35.5. The topological polar surface area (TPSA) is 12.5 Å². The first kappa shape index (κ1) is 23.9. The van der Waals surface area contributed by atoms with Gasteiger partial charge in [-0.25, -0.2) is 0 Å². The molecule has 0 saturated heterocycles. The number of alkyl halides is 3. The first-order chi connectivity index (χ1) is 14.9. The highest BCUT2D eigenvalue weighted by Crippen LogP contribution is 2.33. The number of nitrogens with zero attached hydrogens (tertiary/aromatic N) is 1. The molecular weight excluding hydrogens is 435 g/mol. The van der Waals surface area contributed by atoms with Crippen LogP contribution in [0, 0.1) is 0 Å². The molecule has 32 heavy (non-hydrogen) atoms. The molecule has 1 unspecified atom stereocenters. The normalized spacial score (nSPS) is 15.4. The van der Waals surface area contributed by atoms with Crippen molar-refractivity contribution < 1.29 is 17.9 Å². The third kappa shape index (κ3) is 5.72. The Bertz CT molecular complexity index is 1050. The van der Waals surface area contributed by atoms with Crippen molar-refractivity contribution in [2.75, 3.05) is 13.1 Å². The summed E-state index contributed by atoms with van der Waals surface area (Å²) < 4.78 is 44.9. The summed E-state index contributed by atoms with van der Waals surface area (Å²) in [6.07, 6.45) is -1.55. The Balaban J connectivity index is 0.00000289. The van der Waals surface area contributed by atoms with Crippen LogP contribution in [0.2, 0.25) is 0 Å². The van der Waals surface area contributed by atoms with Gasteiger partial charge in [-0.2, -0.15) is 13.2 Å². The minimum atomic E-state index is -4.32. The Morgan fingerprint density at radius 1 is 0.875 bits per heavy atom. The molecule has 0 saturated carbocycles. The summed E-state index contributed by atoms with van der Waals surface area (Å²) in [4.78, 5) is 2.32. The molecule has 3 aromatic rings. The monoisotopic (exact) mass is 459 g/mol. The van der Waals surface area contributed by atoms with Gasteiger partial charge in [-0.1, -0.05) is 48.5 Å². The summed E-state index contributed by atoms with van der Waals surface area (Å²) in [6, 6.07) is 23.5. The molecule has 0 radical (unpaired) electrons. The Morgan fingerprint density at radius 2 is 1.56 bits per heavy atom. The van der Waals surface area contributed by atoms with Gasteiger partial charge in [0, 0.05) is 19.1 Å². The zero-order chi connectivity index (χ0) is 21.8. The highest BCUT2D eigenvalue weighted by Gasteiger charge is 2.30. The third-order valence-electron chi connectivity index (χ3n) is 5.69. The fourth-order valence-electron chi connectivity index (χ4n) is 3.84. The fourth-order valence-corrected chi connectivity index (χ4v) is 3.84. The summed E-state index contributed by atoms with van der Waals surface area (Å²) in [6.45, 7) is 3.65. The van der Waals surface area contributed by atoms with Gasteiger partial charge in [-0.3, -0.25) is 4.90 Å². The van der Waals surface area contributed by atoms with Gasteiger partial charge in [0.25, 0.3) is 0 Å². The number of para-hydroxylation sites is 1. The van der Waals surface area contributed by atoms with Crippen molar-refractivity contribution in [3.63, 3.8) is 0 Å². The number of halogens is 4. The smallest absolute Gasteiger partial charge is 0.416 e. The van der Waals surface area contributed by atoms with E-state index in [9.17, 15) is 13.2 Å². The summed E-state index contributed by atoms with van der Waals surface area (Å²) >= 11 is 0. The maximum absolute atomic E-state index is 13.0. The summed E-state index contributed by atoms with van der Waals surface area (Å²) in [5, 5.41) is 0. The average molecular weight is 460 g/mol. The molecule has 0 aliphatic carbocycles. The van der Waals surface area contributed by atoms with E-state index in [1.165, 1.54) is 17.7 Å². The summed E-state index contributed by atoms with van der Waals surface area (Å²) in [7, 11) is 0. The molecule has 1 aliphatic rings. The molecule has 168 valence electrons. The van der Waals surface area contributed by atoms with Crippen LogP contribution in [0.1, 0.15) is 36.1 Å². The Kier molecular flexibility index (Phi) is 7.64. The Hall–Kier alpha value is -2.76. The van der Waals surface area contributed by atoms with Crippen molar-refractivity contribution in [3.8, 4) is 11.5 Å². The molecule has 0 N–H and O–H groups in total. The van der Waals surface area contributed by atoms with E-state index in [0.29, 0.717) is 12.1 Å². The van der Waals surface area contributed by atoms with Gasteiger partial charge in [0.05, 0.1) is 5.56 Å². The minimum absolute atomic E-state index is 0. The molecule has 3 aromatic carbocycles. The van der Waals surface area contributed by atoms with Crippen LogP contribution >= 0.6 is 12.4 Å². The largest absolute Gasteiger partial charge is 0.457 e. The van der Waals surface area contributed by atoms with Crippen molar-refractivity contribution in [1.29, 1.82) is 0 Å². The number of ether oxygens (including phenoxy) is 1. The molecule has 6 heteroatoms. The predicted octanol–water partition coefficient (Wildman–Crippen LogP) is 7.77. The maximum atomic E-state index is 13.0. The van der Waals surface area contributed by atoms with Crippen LogP contribution in [0.15, 0.2) is 84.9 Å². The van der Waals surface area contributed by atoms with E-state index in [0.717, 1.165) is 36.1 Å². The molecule has 1 heterocycles. The van der Waals surface area contributed by atoms with Crippen LogP contribution in [0.25, 0.3) is 5.57 Å². The number of rotatable bonds is 5. The zero-order valence-corrected chi connectivity index (χ0v) is 18.5. The number of hydrogen-bond acceptors (Lipinski definition) is 2. The highest BCUT2D eigenvalue weighted by molar-refractivity contribution is 5.85. The molecule has 0 amide bonds. The lowest BCUT2D eigenvalue weighted by atomic mass is 9.96. The van der Waals surface area contributed by atoms with Crippen LogP contribution in [0.3, 0.4) is 0 Å². The van der Waals surface area contributed by atoms with Crippen LogP contribution in [0.5, 0.6) is 11.5 Å². The first-order valence-electron chi connectivity index (χ1n) is 10.3. The van der Waals surface area contributed by atoms with Crippen molar-refractivity contribution in [2.24, 2.45) is 0 Å². The molecule has 0 bridgehead atoms. The van der Waals surface area contributed by atoms with E-state index in [2.05, 4.69) is 24.0 Å². The van der Waals surface area contributed by atoms with Crippen molar-refractivity contribution >= 4 is 18.0 Å². The van der Waals surface area contributed by atoms with Gasteiger partial charge < -0.3 is 4.74 Å². The van der Waals surface area contributed by atoms with Gasteiger partial charge in [0.1, 0.15) is 11.5 Å². The quantitative estimate of drug-likeness (QED) is 0.386. The lowest BCUT2D eigenvalue weighted by Crippen LogP contribution is -2.31. The summed E-state index contributed by atoms with van der Waals surface area (Å²) in [5.41, 5.74) is 2.21. The standard InChI is InChI=1S/C26H24F3NO.ClH/c1-19(20-10-12-25(13-11-20)31-24-8-3-2-4-9-24)30-16-14-21(15-17-30)22-6-5-7-23(18-22)26(27,28)29;/h2-14,18-19H,15-17H2,1H3;1H. The van der Waals surface area contributed by atoms with E-state index in [-0.39, 0.29) is 18.4 Å². The van der Waals surface area contributed by atoms with Gasteiger partial charge >= 0.3 is 6.18 Å². The summed E-state index contributed by atoms with van der Waals surface area (Å²) in [5.74, 6) is 1.58. The second-order valence-corrected chi connectivity index (χ2v) is 7.71. The van der Waals surface area contributed by atoms with Gasteiger partial charge in [-0.15, -0.1) is 12.4 Å². The second-order valence-electron chi connectivity index (χ2n) is 7.71. The molecule has 1 aliphatic heterocycles. The minimum Gasteiger partial charge on any atom is -0.457 e. The molecular formula is C26H25ClF3NO. The van der Waals surface area contributed by atoms with E-state index in [4.69, 9.17) is 4.74 Å². The first-order valence-corrected chi connectivity index (χ1v) is 10.3. The number of benzene rings is 3. The Morgan fingerprint density at radius 3 is 2.19 bits per heavy atom. The molecule has 0 fully saturated rings. The maximum Gasteiger partial charge on any atom is 0.416 e. The van der Waals surface area contributed by atoms with Gasteiger partial charge in [0.15, 0.2) is 0 Å². The molecule has 1 atom stereocenters. The van der Waals surface area contributed by atoms with Crippen LogP contribution in [-0.4, -0.2) is 18.0 Å². The molecule has 4 rings (SSSR count). The van der Waals surface area contributed by atoms with Gasteiger partial charge in [0.2, 0.25) is 0 Å². The van der Waals surface area contributed by atoms with E-state index < -0.39 is 11.7 Å². The SMILES string of the molecule is CC(c1ccc(Oc2ccccc2)cc1)N1CC=C(c2cccc(C(F)(F)F)c2)CC1.Cl. The fraction of sp³-hybridized carbons (Fsp3) is 0.231. The van der Waals surface area contributed by atoms with Crippen molar-refractivity contribution in [2.45, 2.75) is 25.6 Å². The molecule has 0 spiro atoms. The van der Waals surface area contributed by atoms with Crippen LogP contribution < -0.4 is 4.74 Å². The predicted molar refractivity (Wildman–Crippen MR) is 124 cm³/mol. The Labute approximate surface area is 192 Å². The average Bonchev–Trinajstić information content (AvgIpc) is 2.79. The van der Waals surface area contributed by atoms with Gasteiger partial charge in [-0.05, 0) is 66.4 Å². The van der Waals surface area contributed by atoms with Crippen molar-refractivity contribution in [3.05, 3.63) is 102 Å². The zero-order valence-electron chi connectivity index (χ0n) is 17.7. The third-order valence-corrected chi connectivity index (χ3v) is 5.69. The lowest BCUT2D eigenvalue weighted by molar-refractivity contribution is -0.137. The van der Waals surface area contributed by atoms with E-state index in [1.807, 2.05) is 48.5 Å². The second kappa shape index (κ2) is 10.2. The number of hydrogen-bond donors (Lipinski definition) is 0.